The molecule has 14 heavy (non-hydrogen) atoms. The lowest BCUT2D eigenvalue weighted by Gasteiger charge is -2.15. The van der Waals surface area contributed by atoms with E-state index in [1.807, 2.05) is 43.3 Å². The summed E-state index contributed by atoms with van der Waals surface area (Å²) in [6.07, 6.45) is -0.400. The van der Waals surface area contributed by atoms with Gasteiger partial charge in [0.1, 0.15) is 0 Å². The van der Waals surface area contributed by atoms with Gasteiger partial charge in [-0.05, 0) is 31.8 Å². The van der Waals surface area contributed by atoms with Gasteiger partial charge in [-0.2, -0.15) is 0 Å². The third-order valence-electron chi connectivity index (χ3n) is 1.79. The maximum absolute atomic E-state index is 9.72. The Morgan fingerprint density at radius 3 is 2.21 bits per heavy atom. The quantitative estimate of drug-likeness (QED) is 0.919. The van der Waals surface area contributed by atoms with Gasteiger partial charge in [0, 0.05) is 11.0 Å². The van der Waals surface area contributed by atoms with Crippen LogP contribution in [0.2, 0.25) is 0 Å². The number of aliphatic hydroxyl groups is 1. The van der Waals surface area contributed by atoms with Crippen molar-refractivity contribution >= 4 is 28.3 Å². The number of aliphatic hydroxyl groups excluding tert-OH is 1. The number of rotatable bonds is 3. The highest BCUT2D eigenvalue weighted by Crippen LogP contribution is 2.16. The van der Waals surface area contributed by atoms with Crippen LogP contribution in [0.15, 0.2) is 28.7 Å². The molecule has 0 aromatic heterocycles. The van der Waals surface area contributed by atoms with Crippen LogP contribution in [0.5, 0.6) is 0 Å². The standard InChI is InChI=1S/C10H14BrNO.ClH/c1-12(2)7-10(13)8-3-5-9(11)6-4-8;/h3-6,10,13H,7H2,1-2H3;1H. The van der Waals surface area contributed by atoms with Crippen LogP contribution >= 0.6 is 28.3 Å². The second-order valence-corrected chi connectivity index (χ2v) is 4.25. The molecule has 0 amide bonds. The highest BCUT2D eigenvalue weighted by molar-refractivity contribution is 9.10. The van der Waals surface area contributed by atoms with Gasteiger partial charge in [-0.25, -0.2) is 0 Å². The van der Waals surface area contributed by atoms with E-state index in [9.17, 15) is 5.11 Å². The minimum atomic E-state index is -0.400. The number of hydrogen-bond donors (Lipinski definition) is 1. The van der Waals surface area contributed by atoms with Gasteiger partial charge in [0.2, 0.25) is 0 Å². The van der Waals surface area contributed by atoms with Gasteiger partial charge in [-0.1, -0.05) is 28.1 Å². The number of nitrogens with zero attached hydrogens (tertiary/aromatic N) is 1. The second kappa shape index (κ2) is 6.40. The number of benzene rings is 1. The normalized spacial score (nSPS) is 12.4. The maximum Gasteiger partial charge on any atom is 0.0916 e. The molecule has 80 valence electrons. The molecule has 1 atom stereocenters. The van der Waals surface area contributed by atoms with Crippen LogP contribution in [-0.2, 0) is 0 Å². The third-order valence-corrected chi connectivity index (χ3v) is 2.32. The van der Waals surface area contributed by atoms with Crippen LogP contribution in [0.3, 0.4) is 0 Å². The van der Waals surface area contributed by atoms with Gasteiger partial charge in [0.25, 0.3) is 0 Å². The lowest BCUT2D eigenvalue weighted by atomic mass is 10.1. The van der Waals surface area contributed by atoms with Crippen molar-refractivity contribution in [1.29, 1.82) is 0 Å². The van der Waals surface area contributed by atoms with E-state index in [0.717, 1.165) is 10.0 Å². The smallest absolute Gasteiger partial charge is 0.0916 e. The Kier molecular flexibility index (Phi) is 6.36. The van der Waals surface area contributed by atoms with Crippen LogP contribution in [0.4, 0.5) is 0 Å². The van der Waals surface area contributed by atoms with Gasteiger partial charge >= 0.3 is 0 Å². The van der Waals surface area contributed by atoms with E-state index in [0.29, 0.717) is 6.54 Å². The molecule has 0 aliphatic carbocycles. The summed E-state index contributed by atoms with van der Waals surface area (Å²) in [5, 5.41) is 9.72. The van der Waals surface area contributed by atoms with Crippen LogP contribution in [0, 0.1) is 0 Å². The summed E-state index contributed by atoms with van der Waals surface area (Å²) in [4.78, 5) is 1.96. The van der Waals surface area contributed by atoms with Crippen molar-refractivity contribution in [3.05, 3.63) is 34.3 Å². The van der Waals surface area contributed by atoms with Crippen molar-refractivity contribution in [2.24, 2.45) is 0 Å². The Hall–Kier alpha value is -0.0900. The molecule has 0 fully saturated rings. The highest BCUT2D eigenvalue weighted by atomic mass is 79.9. The largest absolute Gasteiger partial charge is 0.387 e. The first kappa shape index (κ1) is 13.9. The van der Waals surface area contributed by atoms with E-state index in [2.05, 4.69) is 15.9 Å². The summed E-state index contributed by atoms with van der Waals surface area (Å²) >= 11 is 3.35. The summed E-state index contributed by atoms with van der Waals surface area (Å²) in [5.74, 6) is 0. The topological polar surface area (TPSA) is 23.5 Å². The highest BCUT2D eigenvalue weighted by Gasteiger charge is 2.07. The molecular formula is C10H15BrClNO. The van der Waals surface area contributed by atoms with Gasteiger partial charge in [-0.15, -0.1) is 12.4 Å². The first-order valence-electron chi connectivity index (χ1n) is 4.18. The second-order valence-electron chi connectivity index (χ2n) is 3.33. The van der Waals surface area contributed by atoms with E-state index in [1.54, 1.807) is 0 Å². The molecule has 4 heteroatoms. The van der Waals surface area contributed by atoms with Crippen LogP contribution in [0.25, 0.3) is 0 Å². The minimum absolute atomic E-state index is 0. The third kappa shape index (κ3) is 4.42. The lowest BCUT2D eigenvalue weighted by Crippen LogP contribution is -2.19. The molecular weight excluding hydrogens is 265 g/mol. The SMILES string of the molecule is CN(C)CC(O)c1ccc(Br)cc1.Cl. The zero-order valence-electron chi connectivity index (χ0n) is 8.27. The molecule has 0 saturated carbocycles. The molecule has 0 spiro atoms. The van der Waals surface area contributed by atoms with Crippen LogP contribution in [-0.4, -0.2) is 30.6 Å². The first-order valence-corrected chi connectivity index (χ1v) is 4.97. The molecule has 0 heterocycles. The molecule has 0 bridgehead atoms. The Morgan fingerprint density at radius 1 is 1.29 bits per heavy atom. The fourth-order valence-corrected chi connectivity index (χ4v) is 1.40. The molecule has 1 rings (SSSR count). The van der Waals surface area contributed by atoms with E-state index >= 15 is 0 Å². The molecule has 1 aromatic carbocycles. The minimum Gasteiger partial charge on any atom is -0.387 e. The summed E-state index contributed by atoms with van der Waals surface area (Å²) < 4.78 is 1.04. The van der Waals surface area contributed by atoms with Crippen molar-refractivity contribution < 1.29 is 5.11 Å². The monoisotopic (exact) mass is 279 g/mol. The molecule has 1 aromatic rings. The van der Waals surface area contributed by atoms with Crippen molar-refractivity contribution in [2.45, 2.75) is 6.10 Å². The van der Waals surface area contributed by atoms with Gasteiger partial charge in [-0.3, -0.25) is 0 Å². The Labute approximate surface area is 99.5 Å². The van der Waals surface area contributed by atoms with Crippen molar-refractivity contribution in [2.75, 3.05) is 20.6 Å². The summed E-state index contributed by atoms with van der Waals surface area (Å²) in [7, 11) is 3.89. The molecule has 0 saturated heterocycles. The molecule has 0 aliphatic heterocycles. The van der Waals surface area contributed by atoms with Gasteiger partial charge in [0.05, 0.1) is 6.10 Å². The predicted octanol–water partition coefficient (Wildman–Crippen LogP) is 2.47. The Morgan fingerprint density at radius 2 is 1.79 bits per heavy atom. The van der Waals surface area contributed by atoms with E-state index in [1.165, 1.54) is 0 Å². The number of likely N-dealkylation sites (N-methyl/N-ethyl adjacent to an activating group) is 1. The molecule has 1 N–H and O–H groups in total. The molecule has 0 radical (unpaired) electrons. The fourth-order valence-electron chi connectivity index (χ4n) is 1.14. The average molecular weight is 281 g/mol. The zero-order valence-corrected chi connectivity index (χ0v) is 10.7. The Balaban J connectivity index is 0.00000169. The van der Waals surface area contributed by atoms with Gasteiger partial charge < -0.3 is 10.0 Å². The van der Waals surface area contributed by atoms with E-state index < -0.39 is 6.10 Å². The molecule has 0 aliphatic rings. The number of halogens is 2. The summed E-state index contributed by atoms with van der Waals surface area (Å²) in [5.41, 5.74) is 0.955. The predicted molar refractivity (Wildman–Crippen MR) is 64.9 cm³/mol. The van der Waals surface area contributed by atoms with Crippen LogP contribution < -0.4 is 0 Å². The van der Waals surface area contributed by atoms with E-state index in [-0.39, 0.29) is 12.4 Å². The average Bonchev–Trinajstić information content (AvgIpc) is 2.04. The van der Waals surface area contributed by atoms with Crippen molar-refractivity contribution in [3.63, 3.8) is 0 Å². The Bertz CT molecular complexity index is 263. The summed E-state index contributed by atoms with van der Waals surface area (Å²) in [6.45, 7) is 0.654. The van der Waals surface area contributed by atoms with Crippen molar-refractivity contribution in [3.8, 4) is 0 Å². The molecule has 2 nitrogen and oxygen atoms in total. The fraction of sp³-hybridized carbons (Fsp3) is 0.400. The molecule has 1 unspecified atom stereocenters. The lowest BCUT2D eigenvalue weighted by molar-refractivity contribution is 0.138. The van der Waals surface area contributed by atoms with Crippen LogP contribution in [0.1, 0.15) is 11.7 Å². The maximum atomic E-state index is 9.72. The first-order chi connectivity index (χ1) is 6.09. The van der Waals surface area contributed by atoms with Crippen molar-refractivity contribution in [1.82, 2.24) is 4.90 Å². The van der Waals surface area contributed by atoms with E-state index in [4.69, 9.17) is 0 Å². The number of hydrogen-bond acceptors (Lipinski definition) is 2. The van der Waals surface area contributed by atoms with Gasteiger partial charge in [0.15, 0.2) is 0 Å². The summed E-state index contributed by atoms with van der Waals surface area (Å²) in [6, 6.07) is 7.74. The zero-order chi connectivity index (χ0) is 9.84.